The maximum absolute atomic E-state index is 12.5. The molecule has 1 aromatic carbocycles. The summed E-state index contributed by atoms with van der Waals surface area (Å²) >= 11 is 0. The molecule has 0 spiro atoms. The van der Waals surface area contributed by atoms with Crippen molar-refractivity contribution in [3.8, 4) is 0 Å². The van der Waals surface area contributed by atoms with Crippen LogP contribution in [-0.4, -0.2) is 28.1 Å². The number of nitrogen functional groups attached to an aromatic ring is 1. The molecule has 110 valence electrons. The molecule has 0 bridgehead atoms. The molecule has 20 heavy (non-hydrogen) atoms. The quantitative estimate of drug-likeness (QED) is 0.427. The number of carbonyl (C=O) groups excluding carboxylic acids is 2. The molecular formula is C11H12F3N3O3. The number of halogens is 3. The van der Waals surface area contributed by atoms with Crippen molar-refractivity contribution in [2.75, 3.05) is 5.73 Å². The van der Waals surface area contributed by atoms with Crippen LogP contribution in [0.15, 0.2) is 18.2 Å². The standard InChI is InChI=1S/C11H12F3N3O3/c1-5(15)9(18)17(20)10(19)7-4-6(11(12,13)14)2-3-8(7)16/h2-5,20H,15-16H2,1H3/t5-/m0/s1. The van der Waals surface area contributed by atoms with Crippen LogP contribution >= 0.6 is 0 Å². The van der Waals surface area contributed by atoms with E-state index >= 15 is 0 Å². The van der Waals surface area contributed by atoms with Gasteiger partial charge in [-0.1, -0.05) is 0 Å². The number of hydroxylamine groups is 2. The van der Waals surface area contributed by atoms with E-state index in [0.717, 1.165) is 6.07 Å². The third-order valence-electron chi connectivity index (χ3n) is 2.40. The minimum atomic E-state index is -4.69. The number of hydrogen-bond donors (Lipinski definition) is 3. The zero-order valence-corrected chi connectivity index (χ0v) is 10.3. The minimum Gasteiger partial charge on any atom is -0.398 e. The SMILES string of the molecule is C[C@H](N)C(=O)N(O)C(=O)c1cc(C(F)(F)F)ccc1N. The van der Waals surface area contributed by atoms with Crippen molar-refractivity contribution >= 4 is 17.5 Å². The van der Waals surface area contributed by atoms with Gasteiger partial charge in [0.05, 0.1) is 17.2 Å². The number of imide groups is 1. The largest absolute Gasteiger partial charge is 0.416 e. The molecule has 6 nitrogen and oxygen atoms in total. The molecule has 0 fully saturated rings. The Bertz CT molecular complexity index is 543. The van der Waals surface area contributed by atoms with Crippen LogP contribution in [0.5, 0.6) is 0 Å². The molecule has 0 radical (unpaired) electrons. The molecule has 0 aromatic heterocycles. The molecule has 0 heterocycles. The van der Waals surface area contributed by atoms with Gasteiger partial charge in [0, 0.05) is 5.69 Å². The van der Waals surface area contributed by atoms with Crippen LogP contribution in [0.2, 0.25) is 0 Å². The topological polar surface area (TPSA) is 110 Å². The van der Waals surface area contributed by atoms with Gasteiger partial charge in [0.15, 0.2) is 0 Å². The van der Waals surface area contributed by atoms with Gasteiger partial charge in [-0.2, -0.15) is 18.2 Å². The smallest absolute Gasteiger partial charge is 0.398 e. The summed E-state index contributed by atoms with van der Waals surface area (Å²) in [4.78, 5) is 23.1. The number of carbonyl (C=O) groups is 2. The van der Waals surface area contributed by atoms with Crippen molar-refractivity contribution in [3.63, 3.8) is 0 Å². The van der Waals surface area contributed by atoms with Gasteiger partial charge in [-0.3, -0.25) is 14.8 Å². The summed E-state index contributed by atoms with van der Waals surface area (Å²) in [5.41, 5.74) is 8.48. The summed E-state index contributed by atoms with van der Waals surface area (Å²) in [6.45, 7) is 1.20. The van der Waals surface area contributed by atoms with Gasteiger partial charge in [0.2, 0.25) is 0 Å². The molecule has 0 saturated carbocycles. The fourth-order valence-electron chi connectivity index (χ4n) is 1.32. The van der Waals surface area contributed by atoms with Crippen LogP contribution in [0.25, 0.3) is 0 Å². The van der Waals surface area contributed by atoms with Crippen LogP contribution in [-0.2, 0) is 11.0 Å². The number of nitrogens with zero attached hydrogens (tertiary/aromatic N) is 1. The van der Waals surface area contributed by atoms with E-state index in [0.29, 0.717) is 12.1 Å². The molecule has 1 atom stereocenters. The number of benzene rings is 1. The highest BCUT2D eigenvalue weighted by molar-refractivity contribution is 6.07. The first-order valence-electron chi connectivity index (χ1n) is 5.35. The van der Waals surface area contributed by atoms with Gasteiger partial charge in [-0.05, 0) is 25.1 Å². The molecule has 0 aliphatic carbocycles. The Morgan fingerprint density at radius 2 is 1.90 bits per heavy atom. The summed E-state index contributed by atoms with van der Waals surface area (Å²) in [6, 6.07) is 0.799. The van der Waals surface area contributed by atoms with Crippen molar-refractivity contribution in [3.05, 3.63) is 29.3 Å². The number of amides is 2. The van der Waals surface area contributed by atoms with E-state index in [4.69, 9.17) is 11.5 Å². The van der Waals surface area contributed by atoms with Gasteiger partial charge in [-0.25, -0.2) is 0 Å². The van der Waals surface area contributed by atoms with Crippen molar-refractivity contribution in [1.82, 2.24) is 5.06 Å². The molecular weight excluding hydrogens is 279 g/mol. The summed E-state index contributed by atoms with van der Waals surface area (Å²) in [5, 5.41) is 8.99. The highest BCUT2D eigenvalue weighted by Gasteiger charge is 2.33. The Hall–Kier alpha value is -2.13. The fourth-order valence-corrected chi connectivity index (χ4v) is 1.32. The minimum absolute atomic E-state index is 0.306. The molecule has 0 aliphatic rings. The number of anilines is 1. The van der Waals surface area contributed by atoms with Gasteiger partial charge in [0.25, 0.3) is 11.8 Å². The number of hydrogen-bond acceptors (Lipinski definition) is 5. The molecule has 0 aliphatic heterocycles. The van der Waals surface area contributed by atoms with Crippen LogP contribution in [0, 0.1) is 0 Å². The van der Waals surface area contributed by atoms with Crippen LogP contribution in [0.4, 0.5) is 18.9 Å². The summed E-state index contributed by atoms with van der Waals surface area (Å²) < 4.78 is 37.6. The summed E-state index contributed by atoms with van der Waals surface area (Å²) in [7, 11) is 0. The maximum atomic E-state index is 12.5. The predicted octanol–water partition coefficient (Wildman–Crippen LogP) is 0.993. The van der Waals surface area contributed by atoms with E-state index in [1.54, 1.807) is 0 Å². The molecule has 2 amide bonds. The van der Waals surface area contributed by atoms with E-state index < -0.39 is 35.2 Å². The third-order valence-corrected chi connectivity index (χ3v) is 2.40. The molecule has 1 rings (SSSR count). The Morgan fingerprint density at radius 3 is 2.35 bits per heavy atom. The average Bonchev–Trinajstić information content (AvgIpc) is 2.35. The van der Waals surface area contributed by atoms with E-state index in [2.05, 4.69) is 0 Å². The lowest BCUT2D eigenvalue weighted by Crippen LogP contribution is -2.43. The molecule has 5 N–H and O–H groups in total. The summed E-state index contributed by atoms with van der Waals surface area (Å²) in [5.74, 6) is -2.54. The lowest BCUT2D eigenvalue weighted by Gasteiger charge is -2.17. The lowest BCUT2D eigenvalue weighted by atomic mass is 10.1. The predicted molar refractivity (Wildman–Crippen MR) is 62.5 cm³/mol. The van der Waals surface area contributed by atoms with Crippen molar-refractivity contribution in [2.45, 2.75) is 19.1 Å². The summed E-state index contributed by atoms with van der Waals surface area (Å²) in [6.07, 6.45) is -4.69. The van der Waals surface area contributed by atoms with Crippen molar-refractivity contribution < 1.29 is 28.0 Å². The van der Waals surface area contributed by atoms with Crippen molar-refractivity contribution in [2.24, 2.45) is 5.73 Å². The van der Waals surface area contributed by atoms with E-state index in [1.165, 1.54) is 6.92 Å². The zero-order chi connectivity index (χ0) is 15.7. The highest BCUT2D eigenvalue weighted by Crippen LogP contribution is 2.31. The van der Waals surface area contributed by atoms with Gasteiger partial charge < -0.3 is 11.5 Å². The van der Waals surface area contributed by atoms with Gasteiger partial charge in [-0.15, -0.1) is 0 Å². The van der Waals surface area contributed by atoms with Gasteiger partial charge >= 0.3 is 6.18 Å². The number of alkyl halides is 3. The van der Waals surface area contributed by atoms with Crippen LogP contribution < -0.4 is 11.5 Å². The van der Waals surface area contributed by atoms with Crippen LogP contribution in [0.3, 0.4) is 0 Å². The monoisotopic (exact) mass is 291 g/mol. The second-order valence-electron chi connectivity index (χ2n) is 4.04. The Balaban J connectivity index is 3.19. The van der Waals surface area contributed by atoms with Crippen molar-refractivity contribution in [1.29, 1.82) is 0 Å². The Morgan fingerprint density at radius 1 is 1.35 bits per heavy atom. The Kier molecular flexibility index (Phi) is 4.36. The molecule has 9 heteroatoms. The van der Waals surface area contributed by atoms with E-state index in [-0.39, 0.29) is 10.8 Å². The first-order valence-corrected chi connectivity index (χ1v) is 5.35. The molecule has 1 aromatic rings. The van der Waals surface area contributed by atoms with E-state index in [9.17, 15) is 28.0 Å². The normalized spacial score (nSPS) is 12.9. The maximum Gasteiger partial charge on any atom is 0.416 e. The van der Waals surface area contributed by atoms with E-state index in [1.807, 2.05) is 0 Å². The number of nitrogens with two attached hydrogens (primary N) is 2. The number of rotatable bonds is 2. The Labute approximate surface area is 111 Å². The lowest BCUT2D eigenvalue weighted by molar-refractivity contribution is -0.154. The second-order valence-corrected chi connectivity index (χ2v) is 4.04. The third kappa shape index (κ3) is 3.25. The zero-order valence-electron chi connectivity index (χ0n) is 10.3. The average molecular weight is 291 g/mol. The molecule has 0 saturated heterocycles. The van der Waals surface area contributed by atoms with Gasteiger partial charge in [0.1, 0.15) is 0 Å². The molecule has 0 unspecified atom stereocenters. The highest BCUT2D eigenvalue weighted by atomic mass is 19.4. The van der Waals surface area contributed by atoms with Crippen LogP contribution in [0.1, 0.15) is 22.8 Å². The second kappa shape index (κ2) is 5.47. The first-order chi connectivity index (χ1) is 9.05. The fraction of sp³-hybridized carbons (Fsp3) is 0.273. The first kappa shape index (κ1) is 15.9.